The first-order valence-electron chi connectivity index (χ1n) is 11.1. The van der Waals surface area contributed by atoms with Gasteiger partial charge < -0.3 is 26.0 Å². The molecule has 14 heteroatoms. The average molecular weight is 545 g/mol. The molecule has 204 valence electrons. The monoisotopic (exact) mass is 545 g/mol. The van der Waals surface area contributed by atoms with E-state index < -0.39 is 17.6 Å². The van der Waals surface area contributed by atoms with Crippen molar-refractivity contribution in [2.24, 2.45) is 0 Å². The summed E-state index contributed by atoms with van der Waals surface area (Å²) in [6.07, 6.45) is 6.09. The normalized spacial score (nSPS) is 11.3. The Labute approximate surface area is 216 Å². The average Bonchev–Trinajstić information content (AvgIpc) is 2.79. The number of unbranched alkanes of at least 4 members (excludes halogenated alkanes) is 4. The fraction of sp³-hybridized carbons (Fsp3) is 0.619. The molecule has 0 aliphatic heterocycles. The smallest absolute Gasteiger partial charge is 0.224 e. The minimum atomic E-state index is -0.420. The molecule has 8 N–H and O–H groups in total. The van der Waals surface area contributed by atoms with Gasteiger partial charge in [-0.25, -0.2) is 15.2 Å². The van der Waals surface area contributed by atoms with E-state index in [1.807, 2.05) is 0 Å². The molecule has 0 aromatic rings. The summed E-state index contributed by atoms with van der Waals surface area (Å²) in [4.78, 5) is 23.4. The van der Waals surface area contributed by atoms with Crippen LogP contribution in [0.25, 0.3) is 0 Å². The van der Waals surface area contributed by atoms with E-state index in [0.29, 0.717) is 60.4 Å². The van der Waals surface area contributed by atoms with Crippen LogP contribution in [0, 0.1) is 0 Å². The largest absolute Gasteiger partial charge is 0.494 e. The molecule has 0 heterocycles. The zero-order valence-electron chi connectivity index (χ0n) is 20.0. The van der Waals surface area contributed by atoms with Crippen LogP contribution in [0.2, 0.25) is 0 Å². The molecule has 2 amide bonds. The molecular formula is C21H39FeN5O8. The molecule has 0 saturated carbocycles. The predicted molar refractivity (Wildman–Crippen MR) is 123 cm³/mol. The zero-order valence-corrected chi connectivity index (χ0v) is 21.1. The van der Waals surface area contributed by atoms with E-state index in [1.165, 1.54) is 19.2 Å². The molecule has 13 nitrogen and oxygen atoms in total. The van der Waals surface area contributed by atoms with E-state index in [-0.39, 0.29) is 54.8 Å². The van der Waals surface area contributed by atoms with Gasteiger partial charge in [0.15, 0.2) is 0 Å². The van der Waals surface area contributed by atoms with Gasteiger partial charge in [-0.3, -0.25) is 25.2 Å². The maximum atomic E-state index is 11.8. The minimum absolute atomic E-state index is 0. The van der Waals surface area contributed by atoms with Gasteiger partial charge in [-0.1, -0.05) is 0 Å². The van der Waals surface area contributed by atoms with Crippen LogP contribution in [0.15, 0.2) is 36.4 Å². The third-order valence-electron chi connectivity index (χ3n) is 4.57. The molecule has 0 radical (unpaired) electrons. The van der Waals surface area contributed by atoms with Crippen LogP contribution >= 0.6 is 0 Å². The Hall–Kier alpha value is -2.64. The topological polar surface area (TPSA) is 189 Å². The van der Waals surface area contributed by atoms with E-state index >= 15 is 0 Å². The molecule has 0 bridgehead atoms. The van der Waals surface area contributed by atoms with Gasteiger partial charge in [0, 0.05) is 50.3 Å². The molecule has 0 aliphatic carbocycles. The van der Waals surface area contributed by atoms with Crippen LogP contribution in [-0.4, -0.2) is 91.2 Å². The number of aliphatic hydroxyl groups is 3. The molecule has 0 aliphatic rings. The zero-order chi connectivity index (χ0) is 25.9. The van der Waals surface area contributed by atoms with Crippen molar-refractivity contribution < 1.29 is 57.6 Å². The third-order valence-corrected chi connectivity index (χ3v) is 4.57. The van der Waals surface area contributed by atoms with E-state index in [2.05, 4.69) is 17.2 Å². The van der Waals surface area contributed by atoms with Crippen LogP contribution < -0.4 is 10.6 Å². The molecule has 0 atom stereocenters. The van der Waals surface area contributed by atoms with Crippen LogP contribution in [0.3, 0.4) is 0 Å². The quantitative estimate of drug-likeness (QED) is 0.0512. The Morgan fingerprint density at radius 1 is 0.743 bits per heavy atom. The molecule has 0 fully saturated rings. The van der Waals surface area contributed by atoms with E-state index in [1.54, 1.807) is 0 Å². The summed E-state index contributed by atoms with van der Waals surface area (Å²) in [5.41, 5.74) is 0. The second-order valence-electron chi connectivity index (χ2n) is 7.54. The molecule has 0 saturated heterocycles. The molecule has 35 heavy (non-hydrogen) atoms. The van der Waals surface area contributed by atoms with Gasteiger partial charge in [-0.2, -0.15) is 0 Å². The van der Waals surface area contributed by atoms with Gasteiger partial charge in [-0.15, -0.1) is 0 Å². The second kappa shape index (κ2) is 20.7. The molecule has 0 aromatic carbocycles. The van der Waals surface area contributed by atoms with Crippen molar-refractivity contribution in [2.75, 3.05) is 33.2 Å². The predicted octanol–water partition coefficient (Wildman–Crippen LogP) is 1.87. The standard InChI is InChI=1S/C21H39N5O8.Fe/c1-17(27)25(33)15-7-3-5-13-23-19(29)10-12-21(31)26(34)16-8-4-6-14-22-18(28)9-11-20(30)24(2)32;/h11-12,27,30-34H,1,3-10,13-16H2,2H3,(H,22,28)(H,23,29);/b20-11+,21-12-;. The Morgan fingerprint density at radius 2 is 1.17 bits per heavy atom. The maximum absolute atomic E-state index is 11.8. The van der Waals surface area contributed by atoms with E-state index in [0.717, 1.165) is 6.42 Å². The summed E-state index contributed by atoms with van der Waals surface area (Å²) in [5, 5.41) is 63.1. The van der Waals surface area contributed by atoms with Gasteiger partial charge in [-0.05, 0) is 57.3 Å². The number of nitrogens with one attached hydrogen (secondary N) is 2. The summed E-state index contributed by atoms with van der Waals surface area (Å²) >= 11 is 0. The summed E-state index contributed by atoms with van der Waals surface area (Å²) in [7, 11) is 1.23. The minimum Gasteiger partial charge on any atom is -0.494 e. The number of hydrogen-bond donors (Lipinski definition) is 8. The van der Waals surface area contributed by atoms with Gasteiger partial charge in [0.25, 0.3) is 0 Å². The van der Waals surface area contributed by atoms with Crippen molar-refractivity contribution in [1.29, 1.82) is 0 Å². The van der Waals surface area contributed by atoms with Crippen molar-refractivity contribution in [3.05, 3.63) is 36.4 Å². The Morgan fingerprint density at radius 3 is 1.60 bits per heavy atom. The van der Waals surface area contributed by atoms with Crippen molar-refractivity contribution in [2.45, 2.75) is 51.4 Å². The Kier molecular flexibility index (Phi) is 20.4. The fourth-order valence-corrected chi connectivity index (χ4v) is 2.58. The SMILES string of the molecule is C=C(O)N(O)CCCCCNC(=O)C/C=C(\O)N(O)CCCCCNC(=O)C/C=C(/O)N(C)O.[Fe]. The molecule has 0 aromatic heterocycles. The molecule has 0 spiro atoms. The molecule has 0 rings (SSSR count). The van der Waals surface area contributed by atoms with Gasteiger partial charge in [0.05, 0.1) is 12.8 Å². The number of amides is 2. The maximum Gasteiger partial charge on any atom is 0.224 e. The van der Waals surface area contributed by atoms with Gasteiger partial charge in [0.2, 0.25) is 29.5 Å². The van der Waals surface area contributed by atoms with Gasteiger partial charge in [0.1, 0.15) is 0 Å². The van der Waals surface area contributed by atoms with Crippen LogP contribution in [0.4, 0.5) is 0 Å². The van der Waals surface area contributed by atoms with Gasteiger partial charge >= 0.3 is 0 Å². The third kappa shape index (κ3) is 19.4. The summed E-state index contributed by atoms with van der Waals surface area (Å²) < 4.78 is 0. The number of carbonyl (C=O) groups excluding carboxylic acids is 2. The van der Waals surface area contributed by atoms with Crippen molar-refractivity contribution in [3.63, 3.8) is 0 Å². The first-order valence-corrected chi connectivity index (χ1v) is 11.1. The van der Waals surface area contributed by atoms with Crippen LogP contribution in [0.5, 0.6) is 0 Å². The number of hydrogen-bond acceptors (Lipinski definition) is 11. The Bertz CT molecular complexity index is 691. The Balaban J connectivity index is 0. The summed E-state index contributed by atoms with van der Waals surface area (Å²) in [6, 6.07) is 0. The van der Waals surface area contributed by atoms with Crippen molar-refractivity contribution in [1.82, 2.24) is 25.8 Å². The van der Waals surface area contributed by atoms with Crippen LogP contribution in [-0.2, 0) is 26.7 Å². The number of rotatable bonds is 19. The van der Waals surface area contributed by atoms with E-state index in [9.17, 15) is 30.2 Å². The number of aliphatic hydroxyl groups excluding tert-OH is 3. The number of carbonyl (C=O) groups is 2. The summed E-state index contributed by atoms with van der Waals surface area (Å²) in [6.45, 7) is 4.41. The first-order chi connectivity index (χ1) is 16.0. The first kappa shape index (κ1) is 34.5. The second-order valence-corrected chi connectivity index (χ2v) is 7.54. The van der Waals surface area contributed by atoms with E-state index in [4.69, 9.17) is 10.3 Å². The summed E-state index contributed by atoms with van der Waals surface area (Å²) in [5.74, 6) is -1.86. The van der Waals surface area contributed by atoms with Crippen molar-refractivity contribution >= 4 is 11.8 Å². The van der Waals surface area contributed by atoms with Crippen LogP contribution in [0.1, 0.15) is 51.4 Å². The fourth-order valence-electron chi connectivity index (χ4n) is 2.58. The molecular weight excluding hydrogens is 506 g/mol. The van der Waals surface area contributed by atoms with Crippen molar-refractivity contribution in [3.8, 4) is 0 Å². The number of hydroxylamine groups is 6. The molecule has 0 unspecified atom stereocenters. The number of nitrogens with zero attached hydrogens (tertiary/aromatic N) is 3.